The molecule has 0 aliphatic carbocycles. The van der Waals surface area contributed by atoms with Gasteiger partial charge >= 0.3 is 6.01 Å². The molecule has 0 unspecified atom stereocenters. The van der Waals surface area contributed by atoms with E-state index in [1.54, 1.807) is 6.20 Å². The minimum atomic E-state index is 0.353. The predicted molar refractivity (Wildman–Crippen MR) is 59.2 cm³/mol. The molecule has 0 aliphatic heterocycles. The Kier molecular flexibility index (Phi) is 3.45. The molecule has 0 amide bonds. The van der Waals surface area contributed by atoms with Gasteiger partial charge < -0.3 is 9.73 Å². The van der Waals surface area contributed by atoms with Crippen molar-refractivity contribution < 1.29 is 4.42 Å². The van der Waals surface area contributed by atoms with Crippen LogP contribution >= 0.6 is 0 Å². The average Bonchev–Trinajstić information content (AvgIpc) is 2.75. The minimum absolute atomic E-state index is 0.353. The van der Waals surface area contributed by atoms with Crippen molar-refractivity contribution in [1.82, 2.24) is 20.5 Å². The van der Waals surface area contributed by atoms with Gasteiger partial charge in [0.25, 0.3) is 0 Å². The van der Waals surface area contributed by atoms with Gasteiger partial charge in [-0.15, -0.1) is 5.10 Å². The monoisotopic (exact) mass is 219 g/mol. The zero-order chi connectivity index (χ0) is 11.2. The average molecular weight is 219 g/mol. The van der Waals surface area contributed by atoms with E-state index in [4.69, 9.17) is 4.42 Å². The molecule has 0 spiro atoms. The molecule has 2 heterocycles. The van der Waals surface area contributed by atoms with Crippen LogP contribution in [0.3, 0.4) is 0 Å². The van der Waals surface area contributed by atoms with Gasteiger partial charge in [0.05, 0.1) is 6.54 Å². The van der Waals surface area contributed by atoms with Crippen LogP contribution in [0.25, 0.3) is 0 Å². The normalized spacial score (nSPS) is 10.3. The third-order valence-corrected chi connectivity index (χ3v) is 1.89. The number of anilines is 2. The molecule has 6 nitrogen and oxygen atoms in total. The fourth-order valence-electron chi connectivity index (χ4n) is 1.15. The van der Waals surface area contributed by atoms with Crippen molar-refractivity contribution in [3.63, 3.8) is 0 Å². The standard InChI is InChI=1S/C10H13N5O/c1-2-11-7-9-14-15-10(16-9)13-8-5-3-4-6-12-8/h3-6,11H,2,7H2,1H3,(H,12,13,15). The molecule has 16 heavy (non-hydrogen) atoms. The Balaban J connectivity index is 1.97. The molecule has 0 saturated heterocycles. The van der Waals surface area contributed by atoms with E-state index in [2.05, 4.69) is 25.8 Å². The largest absolute Gasteiger partial charge is 0.406 e. The second-order valence-electron chi connectivity index (χ2n) is 3.12. The number of hydrogen-bond donors (Lipinski definition) is 2. The number of pyridine rings is 1. The van der Waals surface area contributed by atoms with Gasteiger partial charge in [-0.2, -0.15) is 0 Å². The predicted octanol–water partition coefficient (Wildman–Crippen LogP) is 1.32. The summed E-state index contributed by atoms with van der Waals surface area (Å²) < 4.78 is 5.35. The zero-order valence-electron chi connectivity index (χ0n) is 8.97. The van der Waals surface area contributed by atoms with E-state index in [0.717, 1.165) is 6.54 Å². The number of nitrogens with zero attached hydrogens (tertiary/aromatic N) is 3. The Morgan fingerprint density at radius 3 is 3.00 bits per heavy atom. The molecule has 0 aromatic carbocycles. The Morgan fingerprint density at radius 2 is 2.25 bits per heavy atom. The number of nitrogens with one attached hydrogen (secondary N) is 2. The van der Waals surface area contributed by atoms with Crippen LogP contribution in [-0.4, -0.2) is 21.7 Å². The molecule has 0 bridgehead atoms. The van der Waals surface area contributed by atoms with Gasteiger partial charge in [-0.25, -0.2) is 4.98 Å². The Morgan fingerprint density at radius 1 is 1.31 bits per heavy atom. The van der Waals surface area contributed by atoms with Crippen molar-refractivity contribution >= 4 is 11.8 Å². The van der Waals surface area contributed by atoms with Crippen molar-refractivity contribution in [2.24, 2.45) is 0 Å². The van der Waals surface area contributed by atoms with Crippen LogP contribution in [0, 0.1) is 0 Å². The summed E-state index contributed by atoms with van der Waals surface area (Å²) in [5.41, 5.74) is 0. The summed E-state index contributed by atoms with van der Waals surface area (Å²) in [5.74, 6) is 1.24. The molecule has 6 heteroatoms. The van der Waals surface area contributed by atoms with Crippen molar-refractivity contribution in [1.29, 1.82) is 0 Å². The first-order valence-corrected chi connectivity index (χ1v) is 5.09. The van der Waals surface area contributed by atoms with E-state index in [9.17, 15) is 0 Å². The lowest BCUT2D eigenvalue weighted by atomic mass is 10.5. The quantitative estimate of drug-likeness (QED) is 0.789. The second-order valence-corrected chi connectivity index (χ2v) is 3.12. The summed E-state index contributed by atoms with van der Waals surface area (Å²) >= 11 is 0. The molecule has 2 aromatic rings. The van der Waals surface area contributed by atoms with Gasteiger partial charge in [-0.1, -0.05) is 18.1 Å². The molecule has 0 atom stereocenters. The summed E-state index contributed by atoms with van der Waals surface area (Å²) in [6, 6.07) is 5.90. The summed E-state index contributed by atoms with van der Waals surface area (Å²) in [6.07, 6.45) is 1.69. The number of aromatic nitrogens is 3. The summed E-state index contributed by atoms with van der Waals surface area (Å²) in [6.45, 7) is 3.46. The Bertz CT molecular complexity index is 428. The summed E-state index contributed by atoms with van der Waals surface area (Å²) in [7, 11) is 0. The SMILES string of the molecule is CCNCc1nnc(Nc2ccccn2)o1. The second kappa shape index (κ2) is 5.22. The number of hydrogen-bond acceptors (Lipinski definition) is 6. The van der Waals surface area contributed by atoms with E-state index < -0.39 is 0 Å². The molecular weight excluding hydrogens is 206 g/mol. The highest BCUT2D eigenvalue weighted by Crippen LogP contribution is 2.11. The highest BCUT2D eigenvalue weighted by atomic mass is 16.4. The summed E-state index contributed by atoms with van der Waals surface area (Å²) in [4.78, 5) is 4.09. The maximum Gasteiger partial charge on any atom is 0.321 e. The maximum atomic E-state index is 5.35. The molecule has 2 N–H and O–H groups in total. The van der Waals surface area contributed by atoms with Crippen LogP contribution in [0.15, 0.2) is 28.8 Å². The van der Waals surface area contributed by atoms with E-state index in [1.807, 2.05) is 25.1 Å². The molecule has 0 saturated carbocycles. The first kappa shape index (κ1) is 10.6. The fourth-order valence-corrected chi connectivity index (χ4v) is 1.15. The fraction of sp³-hybridized carbons (Fsp3) is 0.300. The van der Waals surface area contributed by atoms with Crippen molar-refractivity contribution in [3.05, 3.63) is 30.3 Å². The lowest BCUT2D eigenvalue weighted by molar-refractivity contribution is 0.484. The molecule has 84 valence electrons. The van der Waals surface area contributed by atoms with Crippen LogP contribution in [0.1, 0.15) is 12.8 Å². The highest BCUT2D eigenvalue weighted by molar-refractivity contribution is 5.44. The third kappa shape index (κ3) is 2.77. The van der Waals surface area contributed by atoms with Crippen LogP contribution in [0.4, 0.5) is 11.8 Å². The smallest absolute Gasteiger partial charge is 0.321 e. The third-order valence-electron chi connectivity index (χ3n) is 1.89. The lowest BCUT2D eigenvalue weighted by Gasteiger charge is -1.98. The van der Waals surface area contributed by atoms with Crippen LogP contribution in [0.5, 0.6) is 0 Å². The van der Waals surface area contributed by atoms with E-state index >= 15 is 0 Å². The van der Waals surface area contributed by atoms with E-state index in [0.29, 0.717) is 24.3 Å². The summed E-state index contributed by atoms with van der Waals surface area (Å²) in [5, 5.41) is 13.8. The van der Waals surface area contributed by atoms with Gasteiger partial charge in [0, 0.05) is 6.20 Å². The van der Waals surface area contributed by atoms with Crippen molar-refractivity contribution in [2.45, 2.75) is 13.5 Å². The zero-order valence-corrected chi connectivity index (χ0v) is 8.97. The lowest BCUT2D eigenvalue weighted by Crippen LogP contribution is -2.11. The highest BCUT2D eigenvalue weighted by Gasteiger charge is 2.05. The van der Waals surface area contributed by atoms with E-state index in [-0.39, 0.29) is 0 Å². The molecular formula is C10H13N5O. The van der Waals surface area contributed by atoms with Gasteiger partial charge in [-0.3, -0.25) is 5.32 Å². The van der Waals surface area contributed by atoms with Gasteiger partial charge in [0.2, 0.25) is 5.89 Å². The number of rotatable bonds is 5. The topological polar surface area (TPSA) is 75.9 Å². The van der Waals surface area contributed by atoms with E-state index in [1.165, 1.54) is 0 Å². The first-order chi connectivity index (χ1) is 7.88. The molecule has 0 fully saturated rings. The van der Waals surface area contributed by atoms with Gasteiger partial charge in [-0.05, 0) is 18.7 Å². The molecule has 0 aliphatic rings. The van der Waals surface area contributed by atoms with Crippen LogP contribution in [0.2, 0.25) is 0 Å². The first-order valence-electron chi connectivity index (χ1n) is 5.09. The van der Waals surface area contributed by atoms with Crippen LogP contribution < -0.4 is 10.6 Å². The van der Waals surface area contributed by atoms with Crippen molar-refractivity contribution in [3.8, 4) is 0 Å². The van der Waals surface area contributed by atoms with Gasteiger partial charge in [0.1, 0.15) is 5.82 Å². The molecule has 2 rings (SSSR count). The van der Waals surface area contributed by atoms with Gasteiger partial charge in [0.15, 0.2) is 0 Å². The Labute approximate surface area is 93.1 Å². The molecule has 0 radical (unpaired) electrons. The van der Waals surface area contributed by atoms with Crippen LogP contribution in [-0.2, 0) is 6.54 Å². The minimum Gasteiger partial charge on any atom is -0.406 e. The van der Waals surface area contributed by atoms with Crippen molar-refractivity contribution in [2.75, 3.05) is 11.9 Å². The maximum absolute atomic E-state index is 5.35. The molecule has 2 aromatic heterocycles. The Hall–Kier alpha value is -1.95.